The highest BCUT2D eigenvalue weighted by molar-refractivity contribution is 7.47. The summed E-state index contributed by atoms with van der Waals surface area (Å²) in [5.41, 5.74) is 0. The Balaban J connectivity index is 2.11. The summed E-state index contributed by atoms with van der Waals surface area (Å²) in [5.74, 6) is -5.10. The summed E-state index contributed by atoms with van der Waals surface area (Å²) >= 11 is 0. The molecule has 1 unspecified atom stereocenters. The molecule has 1 heterocycles. The van der Waals surface area contributed by atoms with E-state index in [2.05, 4.69) is 55.5 Å². The summed E-state index contributed by atoms with van der Waals surface area (Å²) in [6.07, 6.45) is 18.7. The molecule has 12 atom stereocenters. The molecular formula is C51H81O16P. The molecule has 2 fully saturated rings. The molecule has 1 aliphatic heterocycles. The predicted molar refractivity (Wildman–Crippen MR) is 259 cm³/mol. The lowest BCUT2D eigenvalue weighted by Crippen LogP contribution is -2.55. The van der Waals surface area contributed by atoms with Crippen LogP contribution in [0.3, 0.4) is 0 Å². The van der Waals surface area contributed by atoms with Crippen molar-refractivity contribution in [2.24, 2.45) is 11.8 Å². The number of carbonyl (C=O) groups excluding carboxylic acids is 3. The van der Waals surface area contributed by atoms with Crippen LogP contribution >= 0.6 is 7.82 Å². The maximum absolute atomic E-state index is 13.7. The number of esters is 2. The highest BCUT2D eigenvalue weighted by Crippen LogP contribution is 2.47. The zero-order valence-electron chi connectivity index (χ0n) is 40.1. The Bertz CT molecular complexity index is 1690. The van der Waals surface area contributed by atoms with Gasteiger partial charge in [-0.25, -0.2) is 4.57 Å². The molecule has 68 heavy (non-hydrogen) atoms. The van der Waals surface area contributed by atoms with E-state index >= 15 is 0 Å². The van der Waals surface area contributed by atoms with Gasteiger partial charge in [0.2, 0.25) is 0 Å². The van der Waals surface area contributed by atoms with E-state index in [1.807, 2.05) is 31.2 Å². The normalized spacial score (nSPS) is 30.9. The number of ketones is 1. The smallest absolute Gasteiger partial charge is 0.462 e. The Kier molecular flexibility index (Phi) is 31.9. The molecule has 0 spiro atoms. The van der Waals surface area contributed by atoms with Crippen LogP contribution in [-0.2, 0) is 37.5 Å². The monoisotopic (exact) mass is 981 g/mol. The largest absolute Gasteiger partial charge is 0.472 e. The first-order valence-corrected chi connectivity index (χ1v) is 26.0. The quantitative estimate of drug-likeness (QED) is 0.0244. The summed E-state index contributed by atoms with van der Waals surface area (Å²) in [4.78, 5) is 50.1. The first kappa shape index (κ1) is 60.7. The van der Waals surface area contributed by atoms with Crippen molar-refractivity contribution in [1.82, 2.24) is 0 Å². The van der Waals surface area contributed by atoms with E-state index in [1.54, 1.807) is 0 Å². The second-order valence-corrected chi connectivity index (χ2v) is 18.8. The zero-order valence-corrected chi connectivity index (χ0v) is 41.0. The minimum atomic E-state index is -5.47. The molecule has 17 heteroatoms. The number of hydrogen-bond acceptors (Lipinski definition) is 15. The summed E-state index contributed by atoms with van der Waals surface area (Å²) in [5, 5.41) is 78.5. The van der Waals surface area contributed by atoms with Crippen LogP contribution in [0.5, 0.6) is 0 Å². The van der Waals surface area contributed by atoms with Crippen molar-refractivity contribution >= 4 is 25.5 Å². The van der Waals surface area contributed by atoms with Gasteiger partial charge in [0, 0.05) is 25.2 Å². The Morgan fingerprint density at radius 2 is 1.32 bits per heavy atom. The van der Waals surface area contributed by atoms with Crippen molar-refractivity contribution in [1.29, 1.82) is 0 Å². The van der Waals surface area contributed by atoms with Crippen molar-refractivity contribution in [2.75, 3.05) is 13.2 Å². The van der Waals surface area contributed by atoms with Crippen molar-refractivity contribution in [3.63, 3.8) is 0 Å². The van der Waals surface area contributed by atoms with E-state index in [0.717, 1.165) is 51.0 Å². The number of hydrogen-bond donors (Lipinski definition) is 8. The van der Waals surface area contributed by atoms with Gasteiger partial charge in [-0.15, -0.1) is 0 Å². The van der Waals surface area contributed by atoms with E-state index in [4.69, 9.17) is 18.5 Å². The molecule has 2 rings (SSSR count). The topological polar surface area (TPSA) is 267 Å². The second kappa shape index (κ2) is 35.7. The Labute approximate surface area is 403 Å². The van der Waals surface area contributed by atoms with Crippen LogP contribution in [0.4, 0.5) is 0 Å². The molecule has 0 aromatic carbocycles. The van der Waals surface area contributed by atoms with Crippen LogP contribution in [0.1, 0.15) is 136 Å². The molecule has 1 aliphatic carbocycles. The second-order valence-electron chi connectivity index (χ2n) is 17.4. The molecule has 0 aromatic heterocycles. The van der Waals surface area contributed by atoms with E-state index in [9.17, 15) is 59.6 Å². The lowest BCUT2D eigenvalue weighted by molar-refractivity contribution is -0.167. The van der Waals surface area contributed by atoms with Gasteiger partial charge in [0.15, 0.2) is 6.10 Å². The van der Waals surface area contributed by atoms with Gasteiger partial charge in [0.05, 0.1) is 36.9 Å². The molecule has 2 aliphatic rings. The molecule has 16 nitrogen and oxygen atoms in total. The van der Waals surface area contributed by atoms with Crippen molar-refractivity contribution < 1.29 is 78.1 Å². The molecule has 1 saturated heterocycles. The van der Waals surface area contributed by atoms with Gasteiger partial charge in [-0.3, -0.25) is 23.4 Å². The molecule has 8 N–H and O–H groups in total. The van der Waals surface area contributed by atoms with Crippen molar-refractivity contribution in [3.05, 3.63) is 85.1 Å². The van der Waals surface area contributed by atoms with E-state index in [0.29, 0.717) is 51.4 Å². The number of phosphoric acid groups is 1. The van der Waals surface area contributed by atoms with Crippen LogP contribution in [0.25, 0.3) is 0 Å². The number of aliphatic hydroxyl groups excluding tert-OH is 7. The number of phosphoric ester groups is 1. The van der Waals surface area contributed by atoms with Gasteiger partial charge in [-0.1, -0.05) is 137 Å². The minimum absolute atomic E-state index is 0.0201. The first-order valence-electron chi connectivity index (χ1n) is 24.5. The third kappa shape index (κ3) is 25.5. The van der Waals surface area contributed by atoms with Gasteiger partial charge >= 0.3 is 19.8 Å². The SMILES string of the molecule is CC/C=C\C/C=C\C/C=C\C/C=C\C/C=C\C/C=C\CCC(=O)OC[C@@H]1COP(=O)(O)O[C@H]2[C@H](O)[C@@H](O)[C@H](O)[C@@H](CCCCCCC(=O)O1)[C@@H](O)CC(=O)[C@H](/C=C/[C@@H](O)CCCCC)[C@@H](O)[C@H]2O. The van der Waals surface area contributed by atoms with E-state index in [1.165, 1.54) is 6.08 Å². The standard InChI is InChI=1S/C51H81O16P/c1-3-5-7-8-9-10-11-12-13-14-15-16-17-18-19-20-21-22-27-31-44(55)64-36-39-37-65-68(62,63)67-51-49(60)47(58)41(34-33-38(52)29-25-6-4-2)43(54)35-42(53)40(46(57)48(59)50(51)61)30-26-23-24-28-32-45(56)66-39/h5,7,9-10,12-13,15-16,18-19,21-22,33-34,38-42,46-53,57-61H,3-4,6,8,11,14,17,20,23-32,35-37H2,1-2H3,(H,62,63)/b7-5-,10-9-,13-12-,16-15-,19-18-,22-21-,34-33+/t38-,39+,40-,41-,42-,46+,47+,48-,49+,50+,51+/m0/s1. The first-order chi connectivity index (χ1) is 32.6. The maximum Gasteiger partial charge on any atom is 0.472 e. The zero-order chi connectivity index (χ0) is 50.2. The molecule has 1 saturated carbocycles. The highest BCUT2D eigenvalue weighted by atomic mass is 31.2. The fraction of sp³-hybridized carbons (Fsp3) is 0.667. The third-order valence-electron chi connectivity index (χ3n) is 11.6. The summed E-state index contributed by atoms with van der Waals surface area (Å²) in [6.45, 7) is 2.64. The maximum atomic E-state index is 13.7. The van der Waals surface area contributed by atoms with Crippen molar-refractivity contribution in [2.45, 2.75) is 191 Å². The highest BCUT2D eigenvalue weighted by Gasteiger charge is 2.49. The third-order valence-corrected chi connectivity index (χ3v) is 12.6. The number of allylic oxidation sites excluding steroid dienone is 12. The number of cyclic esters (lactones) is 1. The van der Waals surface area contributed by atoms with Gasteiger partial charge in [0.1, 0.15) is 36.8 Å². The van der Waals surface area contributed by atoms with Crippen LogP contribution in [0.2, 0.25) is 0 Å². The molecule has 2 bridgehead atoms. The van der Waals surface area contributed by atoms with Crippen LogP contribution in [0, 0.1) is 11.8 Å². The molecule has 0 amide bonds. The van der Waals surface area contributed by atoms with Gasteiger partial charge in [0.25, 0.3) is 0 Å². The van der Waals surface area contributed by atoms with Crippen LogP contribution in [-0.4, -0.2) is 127 Å². The number of rotatable bonds is 22. The number of Topliss-reactive ketones (excluding diaryl/α,β-unsaturated/α-hetero) is 1. The fourth-order valence-electron chi connectivity index (χ4n) is 7.65. The van der Waals surface area contributed by atoms with Crippen molar-refractivity contribution in [3.8, 4) is 0 Å². The summed E-state index contributed by atoms with van der Waals surface area (Å²) < 4.78 is 34.6. The Hall–Kier alpha value is -3.38. The molecule has 0 radical (unpaired) electrons. The van der Waals surface area contributed by atoms with Gasteiger partial charge < -0.3 is 50.1 Å². The van der Waals surface area contributed by atoms with Gasteiger partial charge in [-0.2, -0.15) is 0 Å². The number of fused-ring (bicyclic) bond motifs is 4. The number of aliphatic hydroxyl groups is 7. The number of carbonyl (C=O) groups is 3. The molecule has 386 valence electrons. The average molecular weight is 981 g/mol. The van der Waals surface area contributed by atoms with Gasteiger partial charge in [-0.05, 0) is 64.2 Å². The fourth-order valence-corrected chi connectivity index (χ4v) is 8.62. The Morgan fingerprint density at radius 1 is 0.750 bits per heavy atom. The summed E-state index contributed by atoms with van der Waals surface area (Å²) in [6, 6.07) is 0. The molecule has 0 aromatic rings. The van der Waals surface area contributed by atoms with E-state index < -0.39 is 112 Å². The Morgan fingerprint density at radius 3 is 1.93 bits per heavy atom. The predicted octanol–water partition coefficient (Wildman–Crippen LogP) is 6.64. The molecular weight excluding hydrogens is 900 g/mol. The van der Waals surface area contributed by atoms with Crippen LogP contribution in [0.15, 0.2) is 85.1 Å². The average Bonchev–Trinajstić information content (AvgIpc) is 3.31. The van der Waals surface area contributed by atoms with E-state index in [-0.39, 0.29) is 19.3 Å². The number of ether oxygens (including phenoxy) is 2. The lowest BCUT2D eigenvalue weighted by Gasteiger charge is -2.37. The number of unbranched alkanes of at least 4 members (excludes halogenated alkanes) is 2. The minimum Gasteiger partial charge on any atom is -0.462 e. The lowest BCUT2D eigenvalue weighted by atomic mass is 9.82. The summed E-state index contributed by atoms with van der Waals surface area (Å²) in [7, 11) is -5.47. The van der Waals surface area contributed by atoms with Crippen LogP contribution < -0.4 is 0 Å².